The SMILES string of the molecule is NC(=S)NC(=S)/N=C/c1ccc([N+](=O)[O-])cc1. The van der Waals surface area contributed by atoms with Crippen LogP contribution >= 0.6 is 24.4 Å². The van der Waals surface area contributed by atoms with Crippen molar-refractivity contribution in [2.24, 2.45) is 10.7 Å². The van der Waals surface area contributed by atoms with Gasteiger partial charge in [-0.25, -0.2) is 4.99 Å². The highest BCUT2D eigenvalue weighted by atomic mass is 32.1. The predicted molar refractivity (Wildman–Crippen MR) is 73.2 cm³/mol. The number of thiocarbonyl (C=S) groups is 2. The van der Waals surface area contributed by atoms with Gasteiger partial charge >= 0.3 is 0 Å². The van der Waals surface area contributed by atoms with Crippen LogP contribution in [0.5, 0.6) is 0 Å². The molecular formula is C9H8N4O2S2. The number of non-ortho nitro benzene ring substituents is 1. The van der Waals surface area contributed by atoms with E-state index in [1.165, 1.54) is 18.3 Å². The number of aliphatic imine (C=N–C) groups is 1. The fourth-order valence-corrected chi connectivity index (χ4v) is 1.28. The maximum atomic E-state index is 10.4. The van der Waals surface area contributed by atoms with Crippen molar-refractivity contribution < 1.29 is 4.92 Å². The van der Waals surface area contributed by atoms with E-state index in [9.17, 15) is 10.1 Å². The van der Waals surface area contributed by atoms with Crippen molar-refractivity contribution in [3.8, 4) is 0 Å². The van der Waals surface area contributed by atoms with E-state index in [1.807, 2.05) is 0 Å². The van der Waals surface area contributed by atoms with Crippen LogP contribution < -0.4 is 11.1 Å². The molecule has 6 nitrogen and oxygen atoms in total. The largest absolute Gasteiger partial charge is 0.376 e. The number of nitro groups is 1. The Morgan fingerprint density at radius 3 is 2.47 bits per heavy atom. The topological polar surface area (TPSA) is 93.5 Å². The third-order valence-electron chi connectivity index (χ3n) is 1.66. The summed E-state index contributed by atoms with van der Waals surface area (Å²) >= 11 is 9.39. The molecule has 0 bridgehead atoms. The predicted octanol–water partition coefficient (Wildman–Crippen LogP) is 1.13. The molecule has 0 radical (unpaired) electrons. The molecule has 0 spiro atoms. The summed E-state index contributed by atoms with van der Waals surface area (Å²) in [6.45, 7) is 0. The van der Waals surface area contributed by atoms with Gasteiger partial charge in [-0.2, -0.15) is 0 Å². The maximum Gasteiger partial charge on any atom is 0.269 e. The summed E-state index contributed by atoms with van der Waals surface area (Å²) in [6, 6.07) is 5.88. The van der Waals surface area contributed by atoms with E-state index in [1.54, 1.807) is 12.1 Å². The van der Waals surface area contributed by atoms with E-state index in [4.69, 9.17) is 18.0 Å². The van der Waals surface area contributed by atoms with Crippen molar-refractivity contribution in [3.63, 3.8) is 0 Å². The first-order valence-electron chi connectivity index (χ1n) is 4.38. The summed E-state index contributed by atoms with van der Waals surface area (Å²) < 4.78 is 0. The Morgan fingerprint density at radius 1 is 1.41 bits per heavy atom. The molecule has 0 heterocycles. The summed E-state index contributed by atoms with van der Waals surface area (Å²) in [4.78, 5) is 13.8. The summed E-state index contributed by atoms with van der Waals surface area (Å²) in [5, 5.41) is 13.1. The standard InChI is InChI=1S/C9H8N4O2S2/c10-8(16)12-9(17)11-5-6-1-3-7(4-2-6)13(14)15/h1-5H,(H3,10,12,16,17)/b11-5+. The monoisotopic (exact) mass is 268 g/mol. The first-order valence-corrected chi connectivity index (χ1v) is 5.19. The van der Waals surface area contributed by atoms with Gasteiger partial charge in [-0.05, 0) is 42.1 Å². The molecule has 17 heavy (non-hydrogen) atoms. The second-order valence-electron chi connectivity index (χ2n) is 2.90. The smallest absolute Gasteiger partial charge is 0.269 e. The van der Waals surface area contributed by atoms with Crippen LogP contribution in [0.4, 0.5) is 5.69 Å². The Balaban J connectivity index is 2.69. The zero-order valence-electron chi connectivity index (χ0n) is 8.49. The van der Waals surface area contributed by atoms with E-state index in [2.05, 4.69) is 22.5 Å². The van der Waals surface area contributed by atoms with Crippen molar-refractivity contribution in [1.29, 1.82) is 0 Å². The second-order valence-corrected chi connectivity index (χ2v) is 3.73. The Bertz CT molecular complexity index is 484. The van der Waals surface area contributed by atoms with Gasteiger partial charge < -0.3 is 11.1 Å². The van der Waals surface area contributed by atoms with Gasteiger partial charge in [0.05, 0.1) is 4.92 Å². The molecule has 0 aliphatic carbocycles. The lowest BCUT2D eigenvalue weighted by molar-refractivity contribution is -0.384. The van der Waals surface area contributed by atoms with Crippen molar-refractivity contribution in [2.45, 2.75) is 0 Å². The second kappa shape index (κ2) is 5.97. The van der Waals surface area contributed by atoms with Gasteiger partial charge in [-0.1, -0.05) is 0 Å². The zero-order chi connectivity index (χ0) is 12.8. The van der Waals surface area contributed by atoms with Crippen LogP contribution in [0.15, 0.2) is 29.3 Å². The normalized spacial score (nSPS) is 10.1. The Morgan fingerprint density at radius 2 is 2.00 bits per heavy atom. The number of benzene rings is 1. The Kier molecular flexibility index (Phi) is 4.61. The van der Waals surface area contributed by atoms with Gasteiger partial charge in [0, 0.05) is 18.3 Å². The number of nitro benzene ring substituents is 1. The summed E-state index contributed by atoms with van der Waals surface area (Å²) in [7, 11) is 0. The van der Waals surface area contributed by atoms with Crippen molar-refractivity contribution in [1.82, 2.24) is 5.32 Å². The zero-order valence-corrected chi connectivity index (χ0v) is 10.1. The summed E-state index contributed by atoms with van der Waals surface area (Å²) in [5.74, 6) is 0. The molecule has 1 rings (SSSR count). The van der Waals surface area contributed by atoms with Gasteiger partial charge in [0.2, 0.25) is 0 Å². The molecule has 0 atom stereocenters. The van der Waals surface area contributed by atoms with Crippen molar-refractivity contribution in [3.05, 3.63) is 39.9 Å². The third kappa shape index (κ3) is 4.62. The average Bonchev–Trinajstić information content (AvgIpc) is 2.26. The molecule has 88 valence electrons. The van der Waals surface area contributed by atoms with E-state index in [0.717, 1.165) is 0 Å². The fourth-order valence-electron chi connectivity index (χ4n) is 0.953. The van der Waals surface area contributed by atoms with Crippen molar-refractivity contribution >= 4 is 46.6 Å². The molecule has 0 amide bonds. The molecule has 0 fully saturated rings. The van der Waals surface area contributed by atoms with Gasteiger partial charge in [-0.15, -0.1) is 0 Å². The lowest BCUT2D eigenvalue weighted by Crippen LogP contribution is -2.32. The minimum absolute atomic E-state index is 0.0194. The number of rotatable bonds is 2. The van der Waals surface area contributed by atoms with Crippen LogP contribution in [0, 0.1) is 10.1 Å². The molecule has 0 aliphatic rings. The summed E-state index contributed by atoms with van der Waals surface area (Å²) in [5.41, 5.74) is 5.90. The maximum absolute atomic E-state index is 10.4. The number of hydrogen-bond acceptors (Lipinski definition) is 4. The Hall–Kier alpha value is -1.93. The minimum atomic E-state index is -0.472. The van der Waals surface area contributed by atoms with Gasteiger partial charge in [0.15, 0.2) is 10.2 Å². The molecule has 1 aromatic rings. The quantitative estimate of drug-likeness (QED) is 0.361. The molecule has 0 saturated heterocycles. The van der Waals surface area contributed by atoms with Crippen LogP contribution in [-0.4, -0.2) is 21.4 Å². The molecule has 0 unspecified atom stereocenters. The average molecular weight is 268 g/mol. The number of nitrogens with zero attached hydrogens (tertiary/aromatic N) is 2. The van der Waals surface area contributed by atoms with Gasteiger partial charge in [0.25, 0.3) is 5.69 Å². The van der Waals surface area contributed by atoms with Crippen LogP contribution in [0.2, 0.25) is 0 Å². The third-order valence-corrected chi connectivity index (χ3v) is 1.97. The lowest BCUT2D eigenvalue weighted by Gasteiger charge is -1.98. The molecular weight excluding hydrogens is 260 g/mol. The van der Waals surface area contributed by atoms with E-state index < -0.39 is 4.92 Å². The fraction of sp³-hybridized carbons (Fsp3) is 0. The van der Waals surface area contributed by atoms with Crippen LogP contribution in [-0.2, 0) is 0 Å². The minimum Gasteiger partial charge on any atom is -0.376 e. The van der Waals surface area contributed by atoms with E-state index >= 15 is 0 Å². The van der Waals surface area contributed by atoms with E-state index in [0.29, 0.717) is 5.56 Å². The highest BCUT2D eigenvalue weighted by Gasteiger charge is 2.02. The van der Waals surface area contributed by atoms with E-state index in [-0.39, 0.29) is 15.9 Å². The number of hydrogen-bond donors (Lipinski definition) is 2. The lowest BCUT2D eigenvalue weighted by atomic mass is 10.2. The molecule has 0 aliphatic heterocycles. The van der Waals surface area contributed by atoms with Gasteiger partial charge in [0.1, 0.15) is 0 Å². The van der Waals surface area contributed by atoms with Crippen LogP contribution in [0.3, 0.4) is 0 Å². The van der Waals surface area contributed by atoms with Crippen LogP contribution in [0.1, 0.15) is 5.56 Å². The highest BCUT2D eigenvalue weighted by molar-refractivity contribution is 7.81. The van der Waals surface area contributed by atoms with Crippen LogP contribution in [0.25, 0.3) is 0 Å². The number of nitrogens with one attached hydrogen (secondary N) is 1. The molecule has 0 saturated carbocycles. The molecule has 0 aromatic heterocycles. The first-order chi connectivity index (χ1) is 7.99. The Labute approximate surface area is 108 Å². The molecule has 8 heteroatoms. The van der Waals surface area contributed by atoms with Crippen molar-refractivity contribution in [2.75, 3.05) is 0 Å². The molecule has 1 aromatic carbocycles. The highest BCUT2D eigenvalue weighted by Crippen LogP contribution is 2.10. The molecule has 3 N–H and O–H groups in total. The van der Waals surface area contributed by atoms with Gasteiger partial charge in [-0.3, -0.25) is 10.1 Å². The number of nitrogens with two attached hydrogens (primary N) is 1. The summed E-state index contributed by atoms with van der Waals surface area (Å²) in [6.07, 6.45) is 1.46. The first kappa shape index (κ1) is 13.1.